The van der Waals surface area contributed by atoms with Gasteiger partial charge >= 0.3 is 0 Å². The van der Waals surface area contributed by atoms with E-state index < -0.39 is 0 Å². The highest BCUT2D eigenvalue weighted by Gasteiger charge is 2.27. The lowest BCUT2D eigenvalue weighted by atomic mass is 9.91. The first-order valence-electron chi connectivity index (χ1n) is 7.69. The van der Waals surface area contributed by atoms with Gasteiger partial charge < -0.3 is 9.80 Å². The molecule has 0 aliphatic carbocycles. The molecule has 1 aliphatic rings. The number of hydrogen-bond donors (Lipinski definition) is 0. The largest absolute Gasteiger partial charge is 0.339 e. The van der Waals surface area contributed by atoms with Crippen LogP contribution in [0.4, 0.5) is 0 Å². The monoisotopic (exact) mass is 356 g/mol. The highest BCUT2D eigenvalue weighted by molar-refractivity contribution is 6.42. The zero-order valence-electron chi connectivity index (χ0n) is 13.7. The Bertz CT molecular complexity index is 603. The number of nitrogens with zero attached hydrogens (tertiary/aromatic N) is 2. The molecule has 1 aliphatic heterocycles. The quantitative estimate of drug-likeness (QED) is 0.810. The van der Waals surface area contributed by atoms with Crippen LogP contribution in [0.3, 0.4) is 0 Å². The van der Waals surface area contributed by atoms with Crippen LogP contribution in [0.15, 0.2) is 18.2 Å². The van der Waals surface area contributed by atoms with E-state index in [4.69, 9.17) is 23.2 Å². The summed E-state index contributed by atoms with van der Waals surface area (Å²) >= 11 is 11.8. The van der Waals surface area contributed by atoms with Gasteiger partial charge in [0.05, 0.1) is 10.0 Å². The first kappa shape index (κ1) is 18.1. The van der Waals surface area contributed by atoms with Crippen LogP contribution < -0.4 is 0 Å². The van der Waals surface area contributed by atoms with Gasteiger partial charge in [0.1, 0.15) is 0 Å². The Morgan fingerprint density at radius 1 is 1.00 bits per heavy atom. The molecular formula is C17H22Cl2N2O2. The third kappa shape index (κ3) is 4.85. The third-order valence-corrected chi connectivity index (χ3v) is 4.51. The van der Waals surface area contributed by atoms with Crippen molar-refractivity contribution >= 4 is 35.0 Å². The SMILES string of the molecule is CC(C)(C)CC(=O)N1CCN(C(=O)c2ccc(Cl)c(Cl)c2)CC1. The van der Waals surface area contributed by atoms with Gasteiger partial charge in [0, 0.05) is 38.2 Å². The summed E-state index contributed by atoms with van der Waals surface area (Å²) in [7, 11) is 0. The van der Waals surface area contributed by atoms with Crippen molar-refractivity contribution in [2.24, 2.45) is 5.41 Å². The Balaban J connectivity index is 1.94. The number of amides is 2. The first-order chi connectivity index (χ1) is 10.7. The molecule has 0 aromatic heterocycles. The van der Waals surface area contributed by atoms with Crippen molar-refractivity contribution in [1.29, 1.82) is 0 Å². The molecule has 0 atom stereocenters. The molecule has 1 aromatic rings. The van der Waals surface area contributed by atoms with Crippen molar-refractivity contribution < 1.29 is 9.59 Å². The number of halogens is 2. The van der Waals surface area contributed by atoms with Gasteiger partial charge in [-0.1, -0.05) is 44.0 Å². The number of benzene rings is 1. The molecule has 2 rings (SSSR count). The summed E-state index contributed by atoms with van der Waals surface area (Å²) < 4.78 is 0. The van der Waals surface area contributed by atoms with Crippen molar-refractivity contribution in [2.75, 3.05) is 26.2 Å². The fourth-order valence-electron chi connectivity index (χ4n) is 2.54. The number of carbonyl (C=O) groups excluding carboxylic acids is 2. The summed E-state index contributed by atoms with van der Waals surface area (Å²) in [5.74, 6) is 0.0747. The van der Waals surface area contributed by atoms with Gasteiger partial charge in [0.2, 0.25) is 5.91 Å². The molecule has 4 nitrogen and oxygen atoms in total. The second-order valence-electron chi connectivity index (χ2n) is 7.04. The van der Waals surface area contributed by atoms with Crippen LogP contribution in [0.25, 0.3) is 0 Å². The van der Waals surface area contributed by atoms with Crippen LogP contribution in [0, 0.1) is 5.41 Å². The molecule has 0 N–H and O–H groups in total. The zero-order chi connectivity index (χ0) is 17.2. The summed E-state index contributed by atoms with van der Waals surface area (Å²) in [6.07, 6.45) is 0.522. The van der Waals surface area contributed by atoms with E-state index in [9.17, 15) is 9.59 Å². The predicted molar refractivity (Wildman–Crippen MR) is 93.0 cm³/mol. The van der Waals surface area contributed by atoms with Crippen molar-refractivity contribution in [2.45, 2.75) is 27.2 Å². The molecule has 2 amide bonds. The molecule has 0 unspecified atom stereocenters. The maximum Gasteiger partial charge on any atom is 0.254 e. The van der Waals surface area contributed by atoms with Gasteiger partial charge in [-0.2, -0.15) is 0 Å². The van der Waals surface area contributed by atoms with Gasteiger partial charge in [0.15, 0.2) is 0 Å². The number of rotatable bonds is 2. The Morgan fingerprint density at radius 2 is 1.57 bits per heavy atom. The average Bonchev–Trinajstić information content (AvgIpc) is 2.48. The van der Waals surface area contributed by atoms with Crippen LogP contribution in [0.2, 0.25) is 10.0 Å². The number of hydrogen-bond acceptors (Lipinski definition) is 2. The highest BCUT2D eigenvalue weighted by atomic mass is 35.5. The van der Waals surface area contributed by atoms with E-state index in [2.05, 4.69) is 20.8 Å². The maximum absolute atomic E-state index is 12.5. The third-order valence-electron chi connectivity index (χ3n) is 3.77. The molecule has 0 radical (unpaired) electrons. The molecular weight excluding hydrogens is 335 g/mol. The van der Waals surface area contributed by atoms with Gasteiger partial charge in [0.25, 0.3) is 5.91 Å². The molecule has 0 bridgehead atoms. The van der Waals surface area contributed by atoms with E-state index in [1.54, 1.807) is 23.1 Å². The van der Waals surface area contributed by atoms with Crippen LogP contribution in [-0.2, 0) is 4.79 Å². The standard InChI is InChI=1S/C17H22Cl2N2O2/c1-17(2,3)11-15(22)20-6-8-21(9-7-20)16(23)12-4-5-13(18)14(19)10-12/h4-5,10H,6-9,11H2,1-3H3. The fraction of sp³-hybridized carbons (Fsp3) is 0.529. The Kier molecular flexibility index (Phi) is 5.58. The summed E-state index contributed by atoms with van der Waals surface area (Å²) in [4.78, 5) is 28.3. The predicted octanol–water partition coefficient (Wildman–Crippen LogP) is 3.71. The van der Waals surface area contributed by atoms with Crippen LogP contribution in [-0.4, -0.2) is 47.8 Å². The lowest BCUT2D eigenvalue weighted by Crippen LogP contribution is -2.51. The van der Waals surface area contributed by atoms with E-state index in [-0.39, 0.29) is 17.2 Å². The van der Waals surface area contributed by atoms with E-state index in [0.29, 0.717) is 48.2 Å². The highest BCUT2D eigenvalue weighted by Crippen LogP contribution is 2.24. The Labute approximate surface area is 147 Å². The van der Waals surface area contributed by atoms with Crippen molar-refractivity contribution in [3.63, 3.8) is 0 Å². The fourth-order valence-corrected chi connectivity index (χ4v) is 2.83. The van der Waals surface area contributed by atoms with E-state index >= 15 is 0 Å². The second-order valence-corrected chi connectivity index (χ2v) is 7.85. The van der Waals surface area contributed by atoms with Crippen LogP contribution >= 0.6 is 23.2 Å². The van der Waals surface area contributed by atoms with Gasteiger partial charge in [-0.3, -0.25) is 9.59 Å². The molecule has 0 spiro atoms. The van der Waals surface area contributed by atoms with Gasteiger partial charge in [-0.05, 0) is 23.6 Å². The van der Waals surface area contributed by atoms with E-state index in [1.807, 2.05) is 4.90 Å². The van der Waals surface area contributed by atoms with Crippen LogP contribution in [0.5, 0.6) is 0 Å². The Hall–Kier alpha value is -1.26. The molecule has 1 aromatic carbocycles. The molecule has 6 heteroatoms. The van der Waals surface area contributed by atoms with E-state index in [0.717, 1.165) is 0 Å². The zero-order valence-corrected chi connectivity index (χ0v) is 15.2. The van der Waals surface area contributed by atoms with Crippen LogP contribution in [0.1, 0.15) is 37.6 Å². The Morgan fingerprint density at radius 3 is 2.09 bits per heavy atom. The first-order valence-corrected chi connectivity index (χ1v) is 8.45. The molecule has 1 fully saturated rings. The van der Waals surface area contributed by atoms with E-state index in [1.165, 1.54) is 0 Å². The molecule has 1 saturated heterocycles. The second kappa shape index (κ2) is 7.10. The lowest BCUT2D eigenvalue weighted by Gasteiger charge is -2.36. The molecule has 23 heavy (non-hydrogen) atoms. The van der Waals surface area contributed by atoms with Crippen molar-refractivity contribution in [3.05, 3.63) is 33.8 Å². The number of piperazine rings is 1. The minimum atomic E-state index is -0.0773. The topological polar surface area (TPSA) is 40.6 Å². The normalized spacial score (nSPS) is 15.7. The maximum atomic E-state index is 12.5. The average molecular weight is 357 g/mol. The lowest BCUT2D eigenvalue weighted by molar-refractivity contribution is -0.134. The van der Waals surface area contributed by atoms with Gasteiger partial charge in [-0.25, -0.2) is 0 Å². The summed E-state index contributed by atoms with van der Waals surface area (Å²) in [5.41, 5.74) is 0.498. The van der Waals surface area contributed by atoms with Crippen molar-refractivity contribution in [3.8, 4) is 0 Å². The number of carbonyl (C=O) groups is 2. The molecule has 126 valence electrons. The van der Waals surface area contributed by atoms with Crippen molar-refractivity contribution in [1.82, 2.24) is 9.80 Å². The minimum Gasteiger partial charge on any atom is -0.339 e. The summed E-state index contributed by atoms with van der Waals surface area (Å²) in [5, 5.41) is 0.803. The van der Waals surface area contributed by atoms with Gasteiger partial charge in [-0.15, -0.1) is 0 Å². The smallest absolute Gasteiger partial charge is 0.254 e. The molecule has 0 saturated carbocycles. The molecule has 1 heterocycles. The summed E-state index contributed by atoms with van der Waals surface area (Å²) in [6.45, 7) is 8.37. The summed E-state index contributed by atoms with van der Waals surface area (Å²) in [6, 6.07) is 4.89. The minimum absolute atomic E-state index is 0.0237.